The van der Waals surface area contributed by atoms with Gasteiger partial charge >= 0.3 is 11.9 Å². The molecular formula is C28H39IO4. The average molecular weight is 567 g/mol. The molecule has 0 heterocycles. The van der Waals surface area contributed by atoms with Gasteiger partial charge in [0.05, 0.1) is 12.7 Å². The van der Waals surface area contributed by atoms with Crippen molar-refractivity contribution in [3.63, 3.8) is 0 Å². The minimum Gasteiger partial charge on any atom is -0.469 e. The summed E-state index contributed by atoms with van der Waals surface area (Å²) >= 11 is 2.45. The van der Waals surface area contributed by atoms with Crippen LogP contribution in [0, 0.1) is 0 Å². The molecule has 0 saturated carbocycles. The lowest BCUT2D eigenvalue weighted by atomic mass is 10.1. The van der Waals surface area contributed by atoms with Crippen LogP contribution in [0.15, 0.2) is 66.8 Å². The second kappa shape index (κ2) is 20.7. The van der Waals surface area contributed by atoms with E-state index in [0.29, 0.717) is 24.8 Å². The van der Waals surface area contributed by atoms with Crippen molar-refractivity contribution < 1.29 is 19.1 Å². The number of carbonyl (C=O) groups is 2. The second-order valence-electron chi connectivity index (χ2n) is 7.90. The lowest BCUT2D eigenvalue weighted by molar-refractivity contribution is -0.140. The van der Waals surface area contributed by atoms with E-state index in [0.717, 1.165) is 12.8 Å². The molecule has 0 fully saturated rings. The van der Waals surface area contributed by atoms with E-state index in [1.807, 2.05) is 36.4 Å². The summed E-state index contributed by atoms with van der Waals surface area (Å²) in [6, 6.07) is 8.94. The molecule has 0 aliphatic rings. The Bertz CT molecular complexity index is 725. The fraction of sp³-hybridized carbons (Fsp3) is 0.500. The standard InChI is InChI=1S/C28H39IO4/c1-32-27(30)23-18-22-26(33-28(31)25-19-14-13-15-20-25)21-16-11-9-7-5-3-2-4-6-8-10-12-17-24-29/h3,5,9,11,13-16,19-21,26H,2,4,6-8,10,12,17-18,22-24H2,1H3/b5-3-,11-9-,21-16+/t26-/m1/s1. The van der Waals surface area contributed by atoms with Crippen molar-refractivity contribution in [1.29, 1.82) is 0 Å². The molecule has 0 bridgehead atoms. The molecule has 182 valence electrons. The molecule has 0 aliphatic carbocycles. The molecule has 0 saturated heterocycles. The number of ether oxygens (including phenoxy) is 2. The normalized spacial score (nSPS) is 12.5. The number of halogens is 1. The van der Waals surface area contributed by atoms with E-state index in [2.05, 4.69) is 45.6 Å². The van der Waals surface area contributed by atoms with Gasteiger partial charge in [-0.15, -0.1) is 0 Å². The SMILES string of the molecule is COC(=O)CCC[C@@H](/C=C/C=C\C/C=C\CCCCCCCCI)OC(=O)c1ccccc1. The number of benzene rings is 1. The van der Waals surface area contributed by atoms with Gasteiger partial charge in [-0.1, -0.05) is 96.9 Å². The first kappa shape index (κ1) is 29.1. The van der Waals surface area contributed by atoms with Crippen molar-refractivity contribution >= 4 is 34.5 Å². The highest BCUT2D eigenvalue weighted by molar-refractivity contribution is 14.1. The zero-order valence-electron chi connectivity index (χ0n) is 19.9. The van der Waals surface area contributed by atoms with Gasteiger partial charge in [0.2, 0.25) is 0 Å². The highest BCUT2D eigenvalue weighted by Gasteiger charge is 2.14. The van der Waals surface area contributed by atoms with Crippen LogP contribution in [0.2, 0.25) is 0 Å². The molecule has 1 aromatic carbocycles. The molecule has 4 nitrogen and oxygen atoms in total. The summed E-state index contributed by atoms with van der Waals surface area (Å²) in [6.07, 6.45) is 23.4. The maximum atomic E-state index is 12.4. The van der Waals surface area contributed by atoms with Crippen LogP contribution in [0.5, 0.6) is 0 Å². The van der Waals surface area contributed by atoms with Crippen LogP contribution in [0.1, 0.15) is 81.0 Å². The van der Waals surface area contributed by atoms with Crippen LogP contribution in [0.4, 0.5) is 0 Å². The molecule has 5 heteroatoms. The Kier molecular flexibility index (Phi) is 18.3. The molecule has 0 spiro atoms. The summed E-state index contributed by atoms with van der Waals surface area (Å²) < 4.78 is 11.6. The zero-order chi connectivity index (χ0) is 24.0. The number of rotatable bonds is 18. The first-order valence-electron chi connectivity index (χ1n) is 12.0. The molecule has 1 rings (SSSR count). The van der Waals surface area contributed by atoms with Gasteiger partial charge in [0.25, 0.3) is 0 Å². The van der Waals surface area contributed by atoms with Gasteiger partial charge in [-0.05, 0) is 61.2 Å². The summed E-state index contributed by atoms with van der Waals surface area (Å²) in [4.78, 5) is 23.7. The van der Waals surface area contributed by atoms with E-state index in [9.17, 15) is 9.59 Å². The molecule has 33 heavy (non-hydrogen) atoms. The summed E-state index contributed by atoms with van der Waals surface area (Å²) in [7, 11) is 1.38. The fourth-order valence-electron chi connectivity index (χ4n) is 3.23. The van der Waals surface area contributed by atoms with Gasteiger partial charge in [-0.2, -0.15) is 0 Å². The van der Waals surface area contributed by atoms with E-state index in [4.69, 9.17) is 4.74 Å². The first-order valence-corrected chi connectivity index (χ1v) is 13.6. The van der Waals surface area contributed by atoms with Gasteiger partial charge in [0.1, 0.15) is 6.10 Å². The Labute approximate surface area is 213 Å². The first-order chi connectivity index (χ1) is 16.2. The van der Waals surface area contributed by atoms with Crippen LogP contribution < -0.4 is 0 Å². The Morgan fingerprint density at radius 2 is 1.64 bits per heavy atom. The number of esters is 2. The number of hydrogen-bond acceptors (Lipinski definition) is 4. The van der Waals surface area contributed by atoms with Crippen LogP contribution in [-0.2, 0) is 14.3 Å². The molecular weight excluding hydrogens is 527 g/mol. The summed E-state index contributed by atoms with van der Waals surface area (Å²) in [6.45, 7) is 0. The largest absolute Gasteiger partial charge is 0.469 e. The minimum atomic E-state index is -0.389. The summed E-state index contributed by atoms with van der Waals surface area (Å²) in [5.41, 5.74) is 0.519. The molecule has 0 aliphatic heterocycles. The topological polar surface area (TPSA) is 52.6 Å². The van der Waals surface area contributed by atoms with Crippen molar-refractivity contribution in [1.82, 2.24) is 0 Å². The van der Waals surface area contributed by atoms with Crippen LogP contribution in [-0.4, -0.2) is 29.6 Å². The summed E-state index contributed by atoms with van der Waals surface area (Å²) in [5, 5.41) is 0. The third kappa shape index (κ3) is 16.4. The smallest absolute Gasteiger partial charge is 0.338 e. The quantitative estimate of drug-likeness (QED) is 0.0455. The number of methoxy groups -OCH3 is 1. The molecule has 0 radical (unpaired) electrons. The van der Waals surface area contributed by atoms with E-state index in [1.54, 1.807) is 12.1 Å². The Balaban J connectivity index is 2.36. The van der Waals surface area contributed by atoms with Gasteiger partial charge in [0, 0.05) is 6.42 Å². The van der Waals surface area contributed by atoms with Gasteiger partial charge in [0.15, 0.2) is 0 Å². The number of alkyl halides is 1. The Morgan fingerprint density at radius 3 is 2.36 bits per heavy atom. The lowest BCUT2D eigenvalue weighted by Gasteiger charge is -2.14. The van der Waals surface area contributed by atoms with Crippen molar-refractivity contribution in [2.45, 2.75) is 76.7 Å². The molecule has 0 aromatic heterocycles. The molecule has 0 unspecified atom stereocenters. The Hall–Kier alpha value is -1.89. The van der Waals surface area contributed by atoms with Crippen molar-refractivity contribution in [3.05, 3.63) is 72.4 Å². The molecule has 1 atom stereocenters. The highest BCUT2D eigenvalue weighted by Crippen LogP contribution is 2.12. The predicted molar refractivity (Wildman–Crippen MR) is 145 cm³/mol. The maximum absolute atomic E-state index is 12.4. The van der Waals surface area contributed by atoms with Gasteiger partial charge in [-0.25, -0.2) is 4.79 Å². The molecule has 0 N–H and O–H groups in total. The van der Waals surface area contributed by atoms with Crippen LogP contribution >= 0.6 is 22.6 Å². The third-order valence-electron chi connectivity index (χ3n) is 5.13. The van der Waals surface area contributed by atoms with Gasteiger partial charge < -0.3 is 9.47 Å². The van der Waals surface area contributed by atoms with Crippen molar-refractivity contribution in [2.24, 2.45) is 0 Å². The van der Waals surface area contributed by atoms with E-state index in [1.165, 1.54) is 50.1 Å². The monoisotopic (exact) mass is 566 g/mol. The number of carbonyl (C=O) groups excluding carboxylic acids is 2. The average Bonchev–Trinajstić information content (AvgIpc) is 2.84. The molecule has 1 aromatic rings. The minimum absolute atomic E-state index is 0.255. The predicted octanol–water partition coefficient (Wildman–Crippen LogP) is 7.78. The lowest BCUT2D eigenvalue weighted by Crippen LogP contribution is -2.17. The number of unbranched alkanes of at least 4 members (excludes halogenated alkanes) is 6. The van der Waals surface area contributed by atoms with Gasteiger partial charge in [-0.3, -0.25) is 4.79 Å². The van der Waals surface area contributed by atoms with Crippen LogP contribution in [0.25, 0.3) is 0 Å². The fourth-order valence-corrected chi connectivity index (χ4v) is 3.76. The van der Waals surface area contributed by atoms with E-state index < -0.39 is 0 Å². The van der Waals surface area contributed by atoms with E-state index >= 15 is 0 Å². The summed E-state index contributed by atoms with van der Waals surface area (Å²) in [5.74, 6) is -0.616. The highest BCUT2D eigenvalue weighted by atomic mass is 127. The third-order valence-corrected chi connectivity index (χ3v) is 5.89. The zero-order valence-corrected chi connectivity index (χ0v) is 22.1. The molecule has 0 amide bonds. The number of allylic oxidation sites excluding steroid dienone is 5. The van der Waals surface area contributed by atoms with E-state index in [-0.39, 0.29) is 18.0 Å². The Morgan fingerprint density at radius 1 is 0.909 bits per heavy atom. The van der Waals surface area contributed by atoms with Crippen molar-refractivity contribution in [2.75, 3.05) is 11.5 Å². The number of hydrogen-bond donors (Lipinski definition) is 0. The van der Waals surface area contributed by atoms with Crippen molar-refractivity contribution in [3.8, 4) is 0 Å². The van der Waals surface area contributed by atoms with Crippen LogP contribution in [0.3, 0.4) is 0 Å². The second-order valence-corrected chi connectivity index (χ2v) is 8.98. The maximum Gasteiger partial charge on any atom is 0.338 e.